The number of rotatable bonds is 4. The van der Waals surface area contributed by atoms with E-state index in [0.29, 0.717) is 11.3 Å². The van der Waals surface area contributed by atoms with Crippen molar-refractivity contribution >= 4 is 23.0 Å². The third-order valence-corrected chi connectivity index (χ3v) is 4.98. The van der Waals surface area contributed by atoms with Gasteiger partial charge in [-0.2, -0.15) is 5.10 Å². The van der Waals surface area contributed by atoms with Gasteiger partial charge in [-0.25, -0.2) is 5.01 Å². The van der Waals surface area contributed by atoms with Crippen molar-refractivity contribution < 1.29 is 13.9 Å². The van der Waals surface area contributed by atoms with E-state index >= 15 is 0 Å². The molecule has 6 heteroatoms. The molecule has 0 aliphatic carbocycles. The Balaban J connectivity index is 1.71. The van der Waals surface area contributed by atoms with Crippen LogP contribution in [0.2, 0.25) is 0 Å². The third-order valence-electron chi connectivity index (χ3n) is 4.12. The lowest BCUT2D eigenvalue weighted by Gasteiger charge is -2.19. The summed E-state index contributed by atoms with van der Waals surface area (Å²) in [5, 5.41) is 8.03. The quantitative estimate of drug-likeness (QED) is 0.702. The molecule has 2 aromatic heterocycles. The summed E-state index contributed by atoms with van der Waals surface area (Å²) in [6, 6.07) is 14.8. The van der Waals surface area contributed by atoms with E-state index < -0.39 is 0 Å². The van der Waals surface area contributed by atoms with E-state index in [9.17, 15) is 4.79 Å². The van der Waals surface area contributed by atoms with Gasteiger partial charge in [0.05, 0.1) is 24.0 Å². The lowest BCUT2D eigenvalue weighted by atomic mass is 10.0. The zero-order chi connectivity index (χ0) is 17.2. The van der Waals surface area contributed by atoms with Gasteiger partial charge in [-0.3, -0.25) is 4.79 Å². The molecule has 0 N–H and O–H groups in total. The number of thiophene rings is 1. The Morgan fingerprint density at radius 2 is 2.20 bits per heavy atom. The van der Waals surface area contributed by atoms with Crippen LogP contribution in [0.25, 0.3) is 0 Å². The fourth-order valence-corrected chi connectivity index (χ4v) is 3.55. The second-order valence-electron chi connectivity index (χ2n) is 5.64. The van der Waals surface area contributed by atoms with E-state index in [1.54, 1.807) is 13.4 Å². The zero-order valence-corrected chi connectivity index (χ0v) is 14.4. The van der Waals surface area contributed by atoms with Crippen molar-refractivity contribution in [1.82, 2.24) is 5.01 Å². The van der Waals surface area contributed by atoms with Crippen LogP contribution in [0.1, 0.15) is 33.5 Å². The molecule has 0 saturated carbocycles. The molecule has 1 atom stereocenters. The maximum Gasteiger partial charge on any atom is 0.284 e. The van der Waals surface area contributed by atoms with E-state index in [2.05, 4.69) is 5.10 Å². The molecule has 0 saturated heterocycles. The summed E-state index contributed by atoms with van der Waals surface area (Å²) in [5.74, 6) is 1.37. The minimum atomic E-state index is -0.245. The number of benzene rings is 1. The molecule has 0 bridgehead atoms. The Labute approximate surface area is 149 Å². The van der Waals surface area contributed by atoms with Crippen molar-refractivity contribution in [3.05, 3.63) is 76.4 Å². The molecular formula is C19H16N2O3S. The minimum Gasteiger partial charge on any atom is -0.497 e. The van der Waals surface area contributed by atoms with Crippen molar-refractivity contribution in [2.75, 3.05) is 7.11 Å². The van der Waals surface area contributed by atoms with Crippen LogP contribution >= 0.6 is 11.3 Å². The average Bonchev–Trinajstić information content (AvgIpc) is 3.42. The van der Waals surface area contributed by atoms with Crippen LogP contribution in [-0.4, -0.2) is 23.7 Å². The highest BCUT2D eigenvalue weighted by Crippen LogP contribution is 2.35. The summed E-state index contributed by atoms with van der Waals surface area (Å²) in [5.41, 5.74) is 1.78. The van der Waals surface area contributed by atoms with Crippen LogP contribution < -0.4 is 4.74 Å². The van der Waals surface area contributed by atoms with Crippen LogP contribution in [0, 0.1) is 0 Å². The fourth-order valence-electron chi connectivity index (χ4n) is 2.89. The first-order chi connectivity index (χ1) is 12.3. The maximum absolute atomic E-state index is 12.9. The topological polar surface area (TPSA) is 55.0 Å². The first-order valence-corrected chi connectivity index (χ1v) is 8.76. The third kappa shape index (κ3) is 2.96. The first-order valence-electron chi connectivity index (χ1n) is 7.88. The lowest BCUT2D eigenvalue weighted by molar-refractivity contribution is 0.0698. The van der Waals surface area contributed by atoms with Crippen LogP contribution in [0.5, 0.6) is 5.75 Å². The molecule has 3 heterocycles. The number of carbonyl (C=O) groups excluding carboxylic acids is 1. The van der Waals surface area contributed by atoms with Gasteiger partial charge >= 0.3 is 0 Å². The monoisotopic (exact) mass is 352 g/mol. The molecule has 0 radical (unpaired) electrons. The summed E-state index contributed by atoms with van der Waals surface area (Å²) in [7, 11) is 1.63. The van der Waals surface area contributed by atoms with Gasteiger partial charge in [0.25, 0.3) is 5.91 Å². The van der Waals surface area contributed by atoms with Gasteiger partial charge in [0.2, 0.25) is 0 Å². The maximum atomic E-state index is 12.9. The van der Waals surface area contributed by atoms with Crippen molar-refractivity contribution in [2.24, 2.45) is 5.10 Å². The Morgan fingerprint density at radius 1 is 1.28 bits per heavy atom. The van der Waals surface area contributed by atoms with Gasteiger partial charge in [0, 0.05) is 12.0 Å². The second-order valence-corrected chi connectivity index (χ2v) is 6.59. The molecule has 1 aliphatic heterocycles. The molecule has 1 aliphatic rings. The largest absolute Gasteiger partial charge is 0.497 e. The van der Waals surface area contributed by atoms with Gasteiger partial charge in [-0.05, 0) is 35.7 Å². The van der Waals surface area contributed by atoms with E-state index in [1.165, 1.54) is 16.3 Å². The van der Waals surface area contributed by atoms with Crippen LogP contribution in [0.4, 0.5) is 0 Å². The normalized spacial score (nSPS) is 16.8. The molecule has 4 rings (SSSR count). The zero-order valence-electron chi connectivity index (χ0n) is 13.6. The summed E-state index contributed by atoms with van der Waals surface area (Å²) >= 11 is 1.41. The molecule has 1 aromatic carbocycles. The van der Waals surface area contributed by atoms with Crippen LogP contribution in [-0.2, 0) is 0 Å². The van der Waals surface area contributed by atoms with Gasteiger partial charge in [-0.15, -0.1) is 11.3 Å². The van der Waals surface area contributed by atoms with E-state index in [4.69, 9.17) is 9.15 Å². The SMILES string of the molecule is COc1cccc(C2=NN(C(=O)c3cccs3)C(c3ccco3)C2)c1. The summed E-state index contributed by atoms with van der Waals surface area (Å²) < 4.78 is 10.9. The molecule has 1 unspecified atom stereocenters. The van der Waals surface area contributed by atoms with Gasteiger partial charge in [0.1, 0.15) is 17.6 Å². The Kier molecular flexibility index (Phi) is 4.11. The van der Waals surface area contributed by atoms with Crippen LogP contribution in [0.15, 0.2) is 69.7 Å². The molecule has 126 valence electrons. The number of carbonyl (C=O) groups is 1. The van der Waals surface area contributed by atoms with Gasteiger partial charge < -0.3 is 9.15 Å². The van der Waals surface area contributed by atoms with Crippen molar-refractivity contribution in [3.63, 3.8) is 0 Å². The number of nitrogens with zero attached hydrogens (tertiary/aromatic N) is 2. The Bertz CT molecular complexity index is 901. The molecule has 25 heavy (non-hydrogen) atoms. The second kappa shape index (κ2) is 6.57. The number of hydrazone groups is 1. The van der Waals surface area contributed by atoms with Crippen molar-refractivity contribution in [1.29, 1.82) is 0 Å². The molecular weight excluding hydrogens is 336 g/mol. The number of hydrogen-bond donors (Lipinski definition) is 0. The van der Waals surface area contributed by atoms with Crippen LogP contribution in [0.3, 0.4) is 0 Å². The number of methoxy groups -OCH3 is 1. The Morgan fingerprint density at radius 3 is 2.92 bits per heavy atom. The highest BCUT2D eigenvalue weighted by atomic mass is 32.1. The van der Waals surface area contributed by atoms with E-state index in [0.717, 1.165) is 22.8 Å². The predicted molar refractivity (Wildman–Crippen MR) is 96.1 cm³/mol. The Hall–Kier alpha value is -2.86. The fraction of sp³-hybridized carbons (Fsp3) is 0.158. The number of ether oxygens (including phenoxy) is 1. The number of amides is 1. The van der Waals surface area contributed by atoms with Gasteiger partial charge in [0.15, 0.2) is 0 Å². The molecule has 0 spiro atoms. The summed E-state index contributed by atoms with van der Waals surface area (Å²) in [6.07, 6.45) is 2.21. The van der Waals surface area contributed by atoms with Crippen molar-refractivity contribution in [2.45, 2.75) is 12.5 Å². The molecule has 3 aromatic rings. The van der Waals surface area contributed by atoms with Crippen molar-refractivity contribution in [3.8, 4) is 5.75 Å². The number of hydrogen-bond acceptors (Lipinski definition) is 5. The summed E-state index contributed by atoms with van der Waals surface area (Å²) in [4.78, 5) is 13.5. The van der Waals surface area contributed by atoms with Gasteiger partial charge in [-0.1, -0.05) is 18.2 Å². The highest BCUT2D eigenvalue weighted by molar-refractivity contribution is 7.12. The summed E-state index contributed by atoms with van der Waals surface area (Å²) in [6.45, 7) is 0. The molecule has 1 amide bonds. The average molecular weight is 352 g/mol. The standard InChI is InChI=1S/C19H16N2O3S/c1-23-14-6-2-5-13(11-14)15-12-16(17-7-3-9-24-17)21(20-15)19(22)18-8-4-10-25-18/h2-11,16H,12H2,1H3. The first kappa shape index (κ1) is 15.7. The molecule has 5 nitrogen and oxygen atoms in total. The predicted octanol–water partition coefficient (Wildman–Crippen LogP) is 4.34. The minimum absolute atomic E-state index is 0.116. The lowest BCUT2D eigenvalue weighted by Crippen LogP contribution is -2.26. The highest BCUT2D eigenvalue weighted by Gasteiger charge is 2.35. The molecule has 0 fully saturated rings. The van der Waals surface area contributed by atoms with E-state index in [-0.39, 0.29) is 11.9 Å². The smallest absolute Gasteiger partial charge is 0.284 e. The van der Waals surface area contributed by atoms with E-state index in [1.807, 2.05) is 53.9 Å². The number of furan rings is 1.